The van der Waals surface area contributed by atoms with Gasteiger partial charge in [0.2, 0.25) is 10.0 Å². The molecule has 0 aliphatic carbocycles. The molecule has 0 saturated heterocycles. The Bertz CT molecular complexity index is 781. The van der Waals surface area contributed by atoms with Crippen molar-refractivity contribution >= 4 is 37.6 Å². The van der Waals surface area contributed by atoms with E-state index in [4.69, 9.17) is 11.6 Å². The molecule has 1 heterocycles. The number of benzene rings is 1. The first-order chi connectivity index (χ1) is 10.8. The third kappa shape index (κ3) is 4.76. The third-order valence-electron chi connectivity index (χ3n) is 3.14. The van der Waals surface area contributed by atoms with Gasteiger partial charge in [-0.25, -0.2) is 8.42 Å². The number of hydrogen-bond acceptors (Lipinski definition) is 3. The fourth-order valence-electron chi connectivity index (χ4n) is 2.19. The SMILES string of the molecule is CC(C)CN(Cc1cncc(Br)c1)S(=O)(=O)c1ccccc1Cl. The largest absolute Gasteiger partial charge is 0.263 e. The number of nitrogens with zero attached hydrogens (tertiary/aromatic N) is 2. The van der Waals surface area contributed by atoms with E-state index in [0.717, 1.165) is 10.0 Å². The van der Waals surface area contributed by atoms with Crippen molar-refractivity contribution < 1.29 is 8.42 Å². The highest BCUT2D eigenvalue weighted by Gasteiger charge is 2.27. The quantitative estimate of drug-likeness (QED) is 0.702. The van der Waals surface area contributed by atoms with Crippen molar-refractivity contribution in [2.45, 2.75) is 25.3 Å². The highest BCUT2D eigenvalue weighted by molar-refractivity contribution is 9.10. The van der Waals surface area contributed by atoms with Crippen LogP contribution in [0.1, 0.15) is 19.4 Å². The maximum Gasteiger partial charge on any atom is 0.244 e. The van der Waals surface area contributed by atoms with E-state index in [2.05, 4.69) is 20.9 Å². The lowest BCUT2D eigenvalue weighted by Crippen LogP contribution is -2.34. The zero-order valence-corrected chi connectivity index (χ0v) is 16.1. The van der Waals surface area contributed by atoms with Crippen LogP contribution in [0.25, 0.3) is 0 Å². The van der Waals surface area contributed by atoms with Gasteiger partial charge in [0.25, 0.3) is 0 Å². The van der Waals surface area contributed by atoms with Crippen molar-refractivity contribution in [2.75, 3.05) is 6.54 Å². The van der Waals surface area contributed by atoms with Crippen LogP contribution < -0.4 is 0 Å². The first kappa shape index (κ1) is 18.4. The molecule has 2 aromatic rings. The first-order valence-corrected chi connectivity index (χ1v) is 9.76. The highest BCUT2D eigenvalue weighted by Crippen LogP contribution is 2.26. The molecule has 7 heteroatoms. The van der Waals surface area contributed by atoms with Crippen LogP contribution in [-0.4, -0.2) is 24.3 Å². The predicted octanol–water partition coefficient (Wildman–Crippen LogP) is 4.34. The zero-order valence-electron chi connectivity index (χ0n) is 12.9. The smallest absolute Gasteiger partial charge is 0.244 e. The van der Waals surface area contributed by atoms with E-state index >= 15 is 0 Å². The second kappa shape index (κ2) is 7.75. The molecule has 1 aromatic heterocycles. The molecule has 0 aliphatic rings. The van der Waals surface area contributed by atoms with Crippen molar-refractivity contribution in [1.29, 1.82) is 0 Å². The van der Waals surface area contributed by atoms with Gasteiger partial charge in [-0.15, -0.1) is 0 Å². The Morgan fingerprint density at radius 2 is 1.96 bits per heavy atom. The number of sulfonamides is 1. The van der Waals surface area contributed by atoms with E-state index in [0.29, 0.717) is 6.54 Å². The molecule has 0 N–H and O–H groups in total. The average molecular weight is 418 g/mol. The summed E-state index contributed by atoms with van der Waals surface area (Å²) < 4.78 is 28.2. The van der Waals surface area contributed by atoms with Crippen LogP contribution in [0, 0.1) is 5.92 Å². The predicted molar refractivity (Wildman–Crippen MR) is 95.8 cm³/mol. The molecule has 0 unspecified atom stereocenters. The lowest BCUT2D eigenvalue weighted by molar-refractivity contribution is 0.361. The summed E-state index contributed by atoms with van der Waals surface area (Å²) in [5.41, 5.74) is 0.815. The van der Waals surface area contributed by atoms with Crippen molar-refractivity contribution in [3.63, 3.8) is 0 Å². The molecule has 0 saturated carbocycles. The number of rotatable bonds is 6. The van der Waals surface area contributed by atoms with Crippen LogP contribution in [0.15, 0.2) is 52.1 Å². The summed E-state index contributed by atoms with van der Waals surface area (Å²) in [6.07, 6.45) is 3.33. The van der Waals surface area contributed by atoms with Crippen molar-refractivity contribution in [1.82, 2.24) is 9.29 Å². The van der Waals surface area contributed by atoms with Gasteiger partial charge < -0.3 is 0 Å². The molecule has 0 atom stereocenters. The van der Waals surface area contributed by atoms with Crippen LogP contribution in [0.3, 0.4) is 0 Å². The van der Waals surface area contributed by atoms with E-state index < -0.39 is 10.0 Å². The second-order valence-corrected chi connectivity index (χ2v) is 8.86. The summed E-state index contributed by atoms with van der Waals surface area (Å²) >= 11 is 9.45. The molecular weight excluding hydrogens is 400 g/mol. The number of hydrogen-bond donors (Lipinski definition) is 0. The van der Waals surface area contributed by atoms with Crippen LogP contribution in [0.4, 0.5) is 0 Å². The summed E-state index contributed by atoms with van der Waals surface area (Å²) in [5, 5.41) is 0.230. The van der Waals surface area contributed by atoms with Gasteiger partial charge in [-0.3, -0.25) is 4.98 Å². The van der Waals surface area contributed by atoms with Gasteiger partial charge in [0.15, 0.2) is 0 Å². The highest BCUT2D eigenvalue weighted by atomic mass is 79.9. The van der Waals surface area contributed by atoms with Gasteiger partial charge in [0.05, 0.1) is 5.02 Å². The minimum atomic E-state index is -3.68. The van der Waals surface area contributed by atoms with Crippen LogP contribution in [-0.2, 0) is 16.6 Å². The normalized spacial score (nSPS) is 12.1. The Balaban J connectivity index is 2.40. The fourth-order valence-corrected chi connectivity index (χ4v) is 4.69. The Hall–Kier alpha value is -0.950. The molecule has 0 fully saturated rings. The molecule has 124 valence electrons. The summed E-state index contributed by atoms with van der Waals surface area (Å²) in [7, 11) is -3.68. The third-order valence-corrected chi connectivity index (χ3v) is 5.89. The van der Waals surface area contributed by atoms with Gasteiger partial charge in [0, 0.05) is 30.0 Å². The fraction of sp³-hybridized carbons (Fsp3) is 0.312. The van der Waals surface area contributed by atoms with Crippen LogP contribution in [0.2, 0.25) is 5.02 Å². The van der Waals surface area contributed by atoms with Gasteiger partial charge in [0.1, 0.15) is 4.90 Å². The summed E-state index contributed by atoms with van der Waals surface area (Å²) in [6, 6.07) is 8.37. The molecule has 0 radical (unpaired) electrons. The van der Waals surface area contributed by atoms with Crippen molar-refractivity contribution in [2.24, 2.45) is 5.92 Å². The molecule has 4 nitrogen and oxygen atoms in total. The summed E-state index contributed by atoms with van der Waals surface area (Å²) in [5.74, 6) is 0.187. The standard InChI is InChI=1S/C16H18BrClN2O2S/c1-12(2)10-20(11-13-7-14(17)9-19-8-13)23(21,22)16-6-4-3-5-15(16)18/h3-9,12H,10-11H2,1-2H3. The summed E-state index contributed by atoms with van der Waals surface area (Å²) in [6.45, 7) is 4.61. The molecule has 0 spiro atoms. The Morgan fingerprint density at radius 3 is 2.57 bits per heavy atom. The van der Waals surface area contributed by atoms with Gasteiger partial charge in [-0.2, -0.15) is 4.31 Å². The molecule has 0 aliphatic heterocycles. The molecule has 2 rings (SSSR count). The maximum absolute atomic E-state index is 13.0. The van der Waals surface area contributed by atoms with Gasteiger partial charge in [-0.05, 0) is 45.6 Å². The summed E-state index contributed by atoms with van der Waals surface area (Å²) in [4.78, 5) is 4.22. The van der Waals surface area contributed by atoms with Gasteiger partial charge in [-0.1, -0.05) is 37.6 Å². The van der Waals surface area contributed by atoms with E-state index in [9.17, 15) is 8.42 Å². The second-order valence-electron chi connectivity index (χ2n) is 5.63. The first-order valence-electron chi connectivity index (χ1n) is 7.15. The minimum Gasteiger partial charge on any atom is -0.263 e. The maximum atomic E-state index is 13.0. The lowest BCUT2D eigenvalue weighted by atomic mass is 10.2. The molecule has 0 bridgehead atoms. The lowest BCUT2D eigenvalue weighted by Gasteiger charge is -2.24. The van der Waals surface area contributed by atoms with Crippen LogP contribution >= 0.6 is 27.5 Å². The van der Waals surface area contributed by atoms with Crippen molar-refractivity contribution in [3.05, 3.63) is 57.8 Å². The zero-order chi connectivity index (χ0) is 17.0. The van der Waals surface area contributed by atoms with E-state index in [1.807, 2.05) is 19.9 Å². The van der Waals surface area contributed by atoms with E-state index in [1.54, 1.807) is 30.6 Å². The molecule has 23 heavy (non-hydrogen) atoms. The average Bonchev–Trinajstić information content (AvgIpc) is 2.46. The Labute approximate surface area is 150 Å². The topological polar surface area (TPSA) is 50.3 Å². The molecule has 1 aromatic carbocycles. The van der Waals surface area contributed by atoms with Gasteiger partial charge >= 0.3 is 0 Å². The Kier molecular flexibility index (Phi) is 6.19. The molecular formula is C16H18BrClN2O2S. The minimum absolute atomic E-state index is 0.130. The number of aromatic nitrogens is 1. The monoisotopic (exact) mass is 416 g/mol. The van der Waals surface area contributed by atoms with Crippen LogP contribution in [0.5, 0.6) is 0 Å². The number of halogens is 2. The van der Waals surface area contributed by atoms with Crippen molar-refractivity contribution in [3.8, 4) is 0 Å². The molecule has 0 amide bonds. The Morgan fingerprint density at radius 1 is 1.26 bits per heavy atom. The number of pyridine rings is 1. The van der Waals surface area contributed by atoms with E-state index in [1.165, 1.54) is 10.4 Å². The van der Waals surface area contributed by atoms with E-state index in [-0.39, 0.29) is 22.4 Å².